The molecular formula is C39H76NO10P. The van der Waals surface area contributed by atoms with Crippen LogP contribution in [-0.2, 0) is 32.7 Å². The van der Waals surface area contributed by atoms with Crippen LogP contribution in [-0.4, -0.2) is 64.9 Å². The molecule has 3 unspecified atom stereocenters. The van der Waals surface area contributed by atoms with Gasteiger partial charge in [0.25, 0.3) is 0 Å². The summed E-state index contributed by atoms with van der Waals surface area (Å²) in [6.45, 7) is 2.37. The number of aliphatic hydroxyl groups excluding tert-OH is 1. The lowest BCUT2D eigenvalue weighted by atomic mass is 10.0. The molecule has 0 bridgehead atoms. The molecule has 0 saturated heterocycles. The van der Waals surface area contributed by atoms with Crippen molar-refractivity contribution >= 4 is 25.7 Å². The number of aliphatic carboxylic acids is 1. The number of rotatable bonds is 39. The van der Waals surface area contributed by atoms with E-state index in [1.54, 1.807) is 0 Å². The first kappa shape index (κ1) is 49.5. The SMILES string of the molecule is CCCCCCCCCCCCCCCCCCCCCCCCCCC(=O)OCC(O)COP(=O)(O)OCC(NC(=O)CCCCC)C(=O)O. The fourth-order valence-electron chi connectivity index (χ4n) is 5.90. The number of carbonyl (C=O) groups is 3. The summed E-state index contributed by atoms with van der Waals surface area (Å²) in [5.74, 6) is -2.40. The molecule has 0 aliphatic heterocycles. The topological polar surface area (TPSA) is 169 Å². The van der Waals surface area contributed by atoms with E-state index in [1.807, 2.05) is 6.92 Å². The van der Waals surface area contributed by atoms with Crippen LogP contribution in [0.25, 0.3) is 0 Å². The number of unbranched alkanes of at least 4 members (excludes halogenated alkanes) is 25. The average Bonchev–Trinajstić information content (AvgIpc) is 3.10. The van der Waals surface area contributed by atoms with Gasteiger partial charge in [-0.25, -0.2) is 9.36 Å². The minimum atomic E-state index is -4.73. The summed E-state index contributed by atoms with van der Waals surface area (Å²) >= 11 is 0. The molecular weight excluding hydrogens is 673 g/mol. The largest absolute Gasteiger partial charge is 0.480 e. The van der Waals surface area contributed by atoms with E-state index in [2.05, 4.69) is 16.8 Å². The van der Waals surface area contributed by atoms with Crippen molar-refractivity contribution in [2.24, 2.45) is 0 Å². The van der Waals surface area contributed by atoms with Crippen molar-refractivity contribution in [3.05, 3.63) is 0 Å². The first-order valence-corrected chi connectivity index (χ1v) is 22.1. The first-order valence-electron chi connectivity index (χ1n) is 20.6. The van der Waals surface area contributed by atoms with Crippen LogP contribution in [0.5, 0.6) is 0 Å². The number of carbonyl (C=O) groups excluding carboxylic acids is 2. The Kier molecular flexibility index (Phi) is 34.4. The van der Waals surface area contributed by atoms with Gasteiger partial charge in [-0.2, -0.15) is 0 Å². The van der Waals surface area contributed by atoms with Gasteiger partial charge in [-0.15, -0.1) is 0 Å². The van der Waals surface area contributed by atoms with E-state index < -0.39 is 57.6 Å². The summed E-state index contributed by atoms with van der Waals surface area (Å²) in [7, 11) is -4.73. The quantitative estimate of drug-likeness (QED) is 0.0270. The summed E-state index contributed by atoms with van der Waals surface area (Å²) in [4.78, 5) is 45.0. The number of aliphatic hydroxyl groups is 1. The van der Waals surface area contributed by atoms with Crippen molar-refractivity contribution < 1.29 is 47.8 Å². The summed E-state index contributed by atoms with van der Waals surface area (Å²) in [5.41, 5.74) is 0. The minimum absolute atomic E-state index is 0.134. The predicted molar refractivity (Wildman–Crippen MR) is 204 cm³/mol. The molecule has 302 valence electrons. The third-order valence-electron chi connectivity index (χ3n) is 9.15. The Morgan fingerprint density at radius 2 is 0.902 bits per heavy atom. The molecule has 0 radical (unpaired) electrons. The summed E-state index contributed by atoms with van der Waals surface area (Å²) in [6.07, 6.45) is 32.7. The smallest absolute Gasteiger partial charge is 0.472 e. The van der Waals surface area contributed by atoms with Gasteiger partial charge in [0.1, 0.15) is 12.7 Å². The summed E-state index contributed by atoms with van der Waals surface area (Å²) < 4.78 is 26.5. The van der Waals surface area contributed by atoms with Gasteiger partial charge in [-0.05, 0) is 12.8 Å². The van der Waals surface area contributed by atoms with E-state index in [-0.39, 0.29) is 12.8 Å². The summed E-state index contributed by atoms with van der Waals surface area (Å²) in [6, 6.07) is -1.53. The number of nitrogens with one attached hydrogen (secondary N) is 1. The molecule has 0 saturated carbocycles. The third kappa shape index (κ3) is 35.3. The maximum Gasteiger partial charge on any atom is 0.472 e. The first-order chi connectivity index (χ1) is 24.6. The number of hydrogen-bond acceptors (Lipinski definition) is 8. The van der Waals surface area contributed by atoms with Crippen LogP contribution >= 0.6 is 7.82 Å². The number of phosphoric acid groups is 1. The monoisotopic (exact) mass is 750 g/mol. The molecule has 0 heterocycles. The Balaban J connectivity index is 3.62. The van der Waals surface area contributed by atoms with Gasteiger partial charge in [0, 0.05) is 12.8 Å². The third-order valence-corrected chi connectivity index (χ3v) is 10.1. The van der Waals surface area contributed by atoms with Gasteiger partial charge < -0.3 is 25.2 Å². The van der Waals surface area contributed by atoms with Crippen molar-refractivity contribution in [2.75, 3.05) is 19.8 Å². The van der Waals surface area contributed by atoms with Crippen LogP contribution in [0.15, 0.2) is 0 Å². The van der Waals surface area contributed by atoms with Crippen LogP contribution in [0, 0.1) is 0 Å². The number of carboxylic acid groups (broad SMARTS) is 1. The highest BCUT2D eigenvalue weighted by Gasteiger charge is 2.28. The lowest BCUT2D eigenvalue weighted by Gasteiger charge is -2.18. The van der Waals surface area contributed by atoms with E-state index in [0.29, 0.717) is 12.8 Å². The molecule has 0 rings (SSSR count). The van der Waals surface area contributed by atoms with Crippen LogP contribution < -0.4 is 5.32 Å². The van der Waals surface area contributed by atoms with E-state index in [4.69, 9.17) is 9.26 Å². The molecule has 0 fully saturated rings. The molecule has 3 atom stereocenters. The van der Waals surface area contributed by atoms with Crippen molar-refractivity contribution in [2.45, 2.75) is 212 Å². The number of phosphoric ester groups is 1. The predicted octanol–water partition coefficient (Wildman–Crippen LogP) is 9.95. The highest BCUT2D eigenvalue weighted by atomic mass is 31.2. The summed E-state index contributed by atoms with van der Waals surface area (Å²) in [5, 5.41) is 21.5. The molecule has 0 aromatic carbocycles. The Morgan fingerprint density at radius 1 is 0.549 bits per heavy atom. The molecule has 0 spiro atoms. The number of amides is 1. The van der Waals surface area contributed by atoms with Gasteiger partial charge in [0.15, 0.2) is 6.04 Å². The Morgan fingerprint density at radius 3 is 1.31 bits per heavy atom. The van der Waals surface area contributed by atoms with Crippen molar-refractivity contribution in [3.8, 4) is 0 Å². The fourth-order valence-corrected chi connectivity index (χ4v) is 6.68. The maximum absolute atomic E-state index is 12.1. The molecule has 0 aliphatic rings. The van der Waals surface area contributed by atoms with Crippen LogP contribution in [0.1, 0.15) is 200 Å². The molecule has 0 aromatic rings. The van der Waals surface area contributed by atoms with E-state index in [9.17, 15) is 34.1 Å². The van der Waals surface area contributed by atoms with E-state index in [1.165, 1.54) is 128 Å². The molecule has 1 amide bonds. The maximum atomic E-state index is 12.1. The lowest BCUT2D eigenvalue weighted by molar-refractivity contribution is -0.147. The molecule has 0 aromatic heterocycles. The molecule has 11 nitrogen and oxygen atoms in total. The second-order valence-corrected chi connectivity index (χ2v) is 15.6. The minimum Gasteiger partial charge on any atom is -0.480 e. The standard InChI is InChI=1S/C39H76NO10P/c1-3-5-7-8-9-10-11-12-13-14-15-16-17-18-19-20-21-22-23-24-25-26-27-29-31-38(43)48-32-35(41)33-49-51(46,47)50-34-36(39(44)45)40-37(42)30-28-6-4-2/h35-36,41H,3-34H2,1-2H3,(H,40,42)(H,44,45)(H,46,47). The number of carboxylic acids is 1. The Bertz CT molecular complexity index is 890. The molecule has 12 heteroatoms. The van der Waals surface area contributed by atoms with Gasteiger partial charge in [-0.3, -0.25) is 18.6 Å². The van der Waals surface area contributed by atoms with Gasteiger partial charge in [0.05, 0.1) is 13.2 Å². The van der Waals surface area contributed by atoms with Gasteiger partial charge in [0.2, 0.25) is 5.91 Å². The van der Waals surface area contributed by atoms with Crippen LogP contribution in [0.3, 0.4) is 0 Å². The highest BCUT2D eigenvalue weighted by molar-refractivity contribution is 7.47. The zero-order chi connectivity index (χ0) is 37.8. The van der Waals surface area contributed by atoms with Crippen molar-refractivity contribution in [1.82, 2.24) is 5.32 Å². The Labute approximate surface area is 310 Å². The molecule has 4 N–H and O–H groups in total. The second kappa shape index (κ2) is 35.5. The zero-order valence-electron chi connectivity index (χ0n) is 32.4. The number of hydrogen-bond donors (Lipinski definition) is 4. The van der Waals surface area contributed by atoms with Crippen molar-refractivity contribution in [3.63, 3.8) is 0 Å². The van der Waals surface area contributed by atoms with Crippen LogP contribution in [0.2, 0.25) is 0 Å². The molecule has 0 aliphatic carbocycles. The number of ether oxygens (including phenoxy) is 1. The number of esters is 1. The van der Waals surface area contributed by atoms with Crippen LogP contribution in [0.4, 0.5) is 0 Å². The molecule has 51 heavy (non-hydrogen) atoms. The lowest BCUT2D eigenvalue weighted by Crippen LogP contribution is -2.43. The van der Waals surface area contributed by atoms with E-state index in [0.717, 1.165) is 32.1 Å². The van der Waals surface area contributed by atoms with Gasteiger partial charge in [-0.1, -0.05) is 174 Å². The fraction of sp³-hybridized carbons (Fsp3) is 0.923. The van der Waals surface area contributed by atoms with Gasteiger partial charge >= 0.3 is 19.8 Å². The normalized spacial score (nSPS) is 13.8. The zero-order valence-corrected chi connectivity index (χ0v) is 33.3. The van der Waals surface area contributed by atoms with E-state index >= 15 is 0 Å². The van der Waals surface area contributed by atoms with Crippen molar-refractivity contribution in [1.29, 1.82) is 0 Å². The second-order valence-electron chi connectivity index (χ2n) is 14.2. The highest BCUT2D eigenvalue weighted by Crippen LogP contribution is 2.43. The Hall–Kier alpha value is -1.52. The average molecular weight is 750 g/mol.